The second-order valence-electron chi connectivity index (χ2n) is 7.86. The fraction of sp³-hybridized carbons (Fsp3) is 0.409. The van der Waals surface area contributed by atoms with Crippen LogP contribution in [0.15, 0.2) is 24.4 Å². The molecule has 0 saturated carbocycles. The molecule has 0 radical (unpaired) electrons. The van der Waals surface area contributed by atoms with Crippen molar-refractivity contribution < 1.29 is 4.79 Å². The first kappa shape index (κ1) is 23.5. The molecule has 1 aromatic carbocycles. The second kappa shape index (κ2) is 9.53. The van der Waals surface area contributed by atoms with Gasteiger partial charge in [-0.3, -0.25) is 9.20 Å². The number of aromatic nitrogens is 3. The average molecular weight is 463 g/mol. The molecule has 0 spiro atoms. The largest absolute Gasteiger partial charge is 0.339 e. The number of imidazole rings is 1. The number of likely N-dealkylation sites (N-methyl/N-ethyl adjacent to an activating group) is 2. The van der Waals surface area contributed by atoms with Gasteiger partial charge in [0, 0.05) is 54.2 Å². The number of hydrogen-bond donors (Lipinski definition) is 1. The van der Waals surface area contributed by atoms with Gasteiger partial charge in [0.1, 0.15) is 5.69 Å². The van der Waals surface area contributed by atoms with E-state index in [1.54, 1.807) is 34.7 Å². The van der Waals surface area contributed by atoms with Gasteiger partial charge in [0.05, 0.1) is 10.7 Å². The average Bonchev–Trinajstić information content (AvgIpc) is 3.13. The van der Waals surface area contributed by atoms with Crippen LogP contribution in [0, 0.1) is 6.92 Å². The fourth-order valence-electron chi connectivity index (χ4n) is 3.72. The molecular weight excluding hydrogens is 435 g/mol. The fourth-order valence-corrected chi connectivity index (χ4v) is 4.22. The summed E-state index contributed by atoms with van der Waals surface area (Å²) >= 11 is 12.6. The number of carbonyl (C=O) groups excluding carboxylic acids is 1. The standard InChI is InChI=1S/C22H28Cl2N6O/c1-6-15(28(3)4)11-29(5)21(31)19-12-30-20(16-8-7-14(23)9-18(16)24)17(10-25)13(2)26-22(30)27-19/h7-9,12,15H,6,10-11,25H2,1-5H3/t15-/m1/s1. The van der Waals surface area contributed by atoms with Gasteiger partial charge in [0.15, 0.2) is 0 Å². The van der Waals surface area contributed by atoms with Crippen LogP contribution in [0.1, 0.15) is 35.1 Å². The Balaban J connectivity index is 2.11. The monoisotopic (exact) mass is 462 g/mol. The zero-order valence-electron chi connectivity index (χ0n) is 18.5. The highest BCUT2D eigenvalue weighted by Gasteiger charge is 2.23. The van der Waals surface area contributed by atoms with Crippen LogP contribution in [0.5, 0.6) is 0 Å². The Kier molecular flexibility index (Phi) is 7.21. The molecule has 31 heavy (non-hydrogen) atoms. The molecule has 7 nitrogen and oxygen atoms in total. The maximum absolute atomic E-state index is 13.1. The van der Waals surface area contributed by atoms with E-state index in [-0.39, 0.29) is 18.5 Å². The molecule has 3 aromatic rings. The van der Waals surface area contributed by atoms with E-state index in [2.05, 4.69) is 21.8 Å². The molecule has 2 heterocycles. The van der Waals surface area contributed by atoms with E-state index >= 15 is 0 Å². The highest BCUT2D eigenvalue weighted by atomic mass is 35.5. The lowest BCUT2D eigenvalue weighted by atomic mass is 10.0. The second-order valence-corrected chi connectivity index (χ2v) is 8.70. The number of amides is 1. The van der Waals surface area contributed by atoms with Crippen LogP contribution < -0.4 is 5.73 Å². The molecule has 1 atom stereocenters. The molecule has 0 unspecified atom stereocenters. The first-order chi connectivity index (χ1) is 14.7. The first-order valence-corrected chi connectivity index (χ1v) is 10.9. The number of halogens is 2. The maximum atomic E-state index is 13.1. The minimum atomic E-state index is -0.161. The van der Waals surface area contributed by atoms with Crippen molar-refractivity contribution in [1.82, 2.24) is 24.2 Å². The first-order valence-electron chi connectivity index (χ1n) is 10.1. The van der Waals surface area contributed by atoms with Gasteiger partial charge in [-0.2, -0.15) is 0 Å². The third-order valence-electron chi connectivity index (χ3n) is 5.56. The normalized spacial score (nSPS) is 12.5. The van der Waals surface area contributed by atoms with Crippen LogP contribution >= 0.6 is 23.2 Å². The lowest BCUT2D eigenvalue weighted by Crippen LogP contribution is -2.41. The lowest BCUT2D eigenvalue weighted by molar-refractivity contribution is 0.0748. The summed E-state index contributed by atoms with van der Waals surface area (Å²) in [5.74, 6) is 0.262. The number of rotatable bonds is 7. The predicted molar refractivity (Wildman–Crippen MR) is 126 cm³/mol. The summed E-state index contributed by atoms with van der Waals surface area (Å²) in [5, 5.41) is 1.03. The molecule has 0 fully saturated rings. The third kappa shape index (κ3) is 4.70. The van der Waals surface area contributed by atoms with E-state index in [1.807, 2.05) is 27.1 Å². The summed E-state index contributed by atoms with van der Waals surface area (Å²) in [4.78, 5) is 26.0. The summed E-state index contributed by atoms with van der Waals surface area (Å²) in [6.07, 6.45) is 2.65. The molecule has 166 valence electrons. The summed E-state index contributed by atoms with van der Waals surface area (Å²) in [6, 6.07) is 5.56. The molecule has 0 bridgehead atoms. The quantitative estimate of drug-likeness (QED) is 0.575. The summed E-state index contributed by atoms with van der Waals surface area (Å²) in [7, 11) is 5.82. The number of nitrogens with two attached hydrogens (primary N) is 1. The number of nitrogens with zero attached hydrogens (tertiary/aromatic N) is 5. The van der Waals surface area contributed by atoms with E-state index in [0.717, 1.165) is 28.9 Å². The van der Waals surface area contributed by atoms with Gasteiger partial charge in [-0.1, -0.05) is 30.1 Å². The summed E-state index contributed by atoms with van der Waals surface area (Å²) < 4.78 is 1.79. The van der Waals surface area contributed by atoms with Crippen LogP contribution in [0.3, 0.4) is 0 Å². The Labute approximate surface area is 192 Å². The number of fused-ring (bicyclic) bond motifs is 1. The number of aryl methyl sites for hydroxylation is 1. The lowest BCUT2D eigenvalue weighted by Gasteiger charge is -2.27. The Morgan fingerprint density at radius 2 is 1.94 bits per heavy atom. The van der Waals surface area contributed by atoms with Crippen molar-refractivity contribution in [1.29, 1.82) is 0 Å². The molecule has 9 heteroatoms. The minimum absolute atomic E-state index is 0.161. The number of benzene rings is 1. The molecule has 0 aliphatic rings. The number of hydrogen-bond acceptors (Lipinski definition) is 5. The van der Waals surface area contributed by atoms with E-state index in [4.69, 9.17) is 28.9 Å². The molecular formula is C22H28Cl2N6O. The summed E-state index contributed by atoms with van der Waals surface area (Å²) in [6.45, 7) is 4.86. The third-order valence-corrected chi connectivity index (χ3v) is 6.11. The van der Waals surface area contributed by atoms with Crippen molar-refractivity contribution >= 4 is 34.9 Å². The molecule has 0 aliphatic carbocycles. The molecule has 0 saturated heterocycles. The van der Waals surface area contributed by atoms with Crippen LogP contribution in [0.25, 0.3) is 17.0 Å². The smallest absolute Gasteiger partial charge is 0.273 e. The summed E-state index contributed by atoms with van der Waals surface area (Å²) in [5.41, 5.74) is 9.47. The maximum Gasteiger partial charge on any atom is 0.273 e. The van der Waals surface area contributed by atoms with Gasteiger partial charge in [-0.15, -0.1) is 0 Å². The Hall–Kier alpha value is -2.19. The molecule has 3 rings (SSSR count). The van der Waals surface area contributed by atoms with Crippen LogP contribution in [-0.2, 0) is 6.54 Å². The van der Waals surface area contributed by atoms with Gasteiger partial charge in [0.25, 0.3) is 5.91 Å². The molecule has 1 amide bonds. The zero-order chi connectivity index (χ0) is 22.9. The van der Waals surface area contributed by atoms with Crippen molar-refractivity contribution in [3.05, 3.63) is 51.4 Å². The molecule has 2 N–H and O–H groups in total. The highest BCUT2D eigenvalue weighted by molar-refractivity contribution is 6.36. The van der Waals surface area contributed by atoms with Crippen molar-refractivity contribution in [3.63, 3.8) is 0 Å². The highest BCUT2D eigenvalue weighted by Crippen LogP contribution is 2.34. The van der Waals surface area contributed by atoms with Crippen LogP contribution in [0.2, 0.25) is 10.0 Å². The van der Waals surface area contributed by atoms with Gasteiger partial charge >= 0.3 is 0 Å². The van der Waals surface area contributed by atoms with Gasteiger partial charge in [0.2, 0.25) is 5.78 Å². The Morgan fingerprint density at radius 1 is 1.23 bits per heavy atom. The topological polar surface area (TPSA) is 79.8 Å². The van der Waals surface area contributed by atoms with Crippen molar-refractivity contribution in [2.75, 3.05) is 27.7 Å². The Morgan fingerprint density at radius 3 is 2.52 bits per heavy atom. The van der Waals surface area contributed by atoms with Crippen molar-refractivity contribution in [2.24, 2.45) is 5.73 Å². The van der Waals surface area contributed by atoms with Crippen LogP contribution in [0.4, 0.5) is 0 Å². The van der Waals surface area contributed by atoms with Crippen molar-refractivity contribution in [3.8, 4) is 11.3 Å². The van der Waals surface area contributed by atoms with E-state index in [9.17, 15) is 4.79 Å². The minimum Gasteiger partial charge on any atom is -0.339 e. The molecule has 0 aliphatic heterocycles. The Bertz CT molecular complexity index is 1110. The number of carbonyl (C=O) groups is 1. The van der Waals surface area contributed by atoms with Crippen LogP contribution in [-0.4, -0.2) is 63.8 Å². The van der Waals surface area contributed by atoms with E-state index in [1.165, 1.54) is 0 Å². The van der Waals surface area contributed by atoms with Gasteiger partial charge < -0.3 is 15.5 Å². The molecule has 2 aromatic heterocycles. The van der Waals surface area contributed by atoms with Gasteiger partial charge in [-0.25, -0.2) is 9.97 Å². The van der Waals surface area contributed by atoms with E-state index in [0.29, 0.717) is 28.1 Å². The predicted octanol–water partition coefficient (Wildman–Crippen LogP) is 3.88. The van der Waals surface area contributed by atoms with Gasteiger partial charge in [-0.05, 0) is 45.6 Å². The SMILES string of the molecule is CC[C@H](CN(C)C(=O)c1cn2c(-c3ccc(Cl)cc3Cl)c(CN)c(C)nc2n1)N(C)C. The zero-order valence-corrected chi connectivity index (χ0v) is 20.0. The van der Waals surface area contributed by atoms with Crippen molar-refractivity contribution in [2.45, 2.75) is 32.9 Å². The van der Waals surface area contributed by atoms with E-state index < -0.39 is 0 Å².